The number of hydrogen-bond donors (Lipinski definition) is 4. The Morgan fingerprint density at radius 3 is 0.987 bits per heavy atom. The molecule has 0 aliphatic heterocycles. The summed E-state index contributed by atoms with van der Waals surface area (Å²) in [5, 5.41) is 37.0. The van der Waals surface area contributed by atoms with Crippen LogP contribution in [0.5, 0.6) is 28.7 Å². The maximum Gasteiger partial charge on any atom is 0.163 e. The molecule has 12 heteroatoms. The van der Waals surface area contributed by atoms with Crippen molar-refractivity contribution in [2.24, 2.45) is 0 Å². The molecule has 0 spiro atoms. The van der Waals surface area contributed by atoms with Gasteiger partial charge < -0.3 is 29.9 Å². The lowest BCUT2D eigenvalue weighted by molar-refractivity contribution is -0.123. The Bertz CT molecular complexity index is 2970. The summed E-state index contributed by atoms with van der Waals surface area (Å²) >= 11 is 0. The van der Waals surface area contributed by atoms with Gasteiger partial charge in [-0.25, -0.2) is 0 Å². The van der Waals surface area contributed by atoms with E-state index in [-0.39, 0.29) is 77.8 Å². The maximum absolute atomic E-state index is 12.0. The van der Waals surface area contributed by atoms with Crippen LogP contribution in [0.25, 0.3) is 36.5 Å². The fourth-order valence-corrected chi connectivity index (χ4v) is 6.57. The first-order valence-electron chi connectivity index (χ1n) is 23.6. The minimum atomic E-state index is -0.329. The van der Waals surface area contributed by atoms with E-state index in [1.54, 1.807) is 99.2 Å². The van der Waals surface area contributed by atoms with Crippen molar-refractivity contribution in [3.8, 4) is 28.7 Å². The van der Waals surface area contributed by atoms with Gasteiger partial charge in [-0.05, 0) is 150 Å². The van der Waals surface area contributed by atoms with E-state index in [0.29, 0.717) is 11.1 Å². The molecular formula is C63H60O12. The summed E-state index contributed by atoms with van der Waals surface area (Å²) in [4.78, 5) is 71.2. The van der Waals surface area contributed by atoms with Gasteiger partial charge in [-0.3, -0.25) is 28.8 Å². The Hall–Kier alpha value is -9.26. The number of benzene rings is 6. The molecule has 6 aromatic carbocycles. The lowest BCUT2D eigenvalue weighted by Crippen LogP contribution is -2.02. The van der Waals surface area contributed by atoms with Crippen LogP contribution < -0.4 is 9.47 Å². The molecule has 0 unspecified atom stereocenters. The highest BCUT2D eigenvalue weighted by Crippen LogP contribution is 2.22. The van der Waals surface area contributed by atoms with Crippen molar-refractivity contribution >= 4 is 71.2 Å². The summed E-state index contributed by atoms with van der Waals surface area (Å²) in [5.74, 6) is 0.167. The Balaban J connectivity index is 0.000000244. The first kappa shape index (κ1) is 58.3. The van der Waals surface area contributed by atoms with E-state index in [4.69, 9.17) is 14.6 Å². The van der Waals surface area contributed by atoms with Gasteiger partial charge in [0.05, 0.1) is 40.1 Å². The van der Waals surface area contributed by atoms with Crippen molar-refractivity contribution in [3.63, 3.8) is 0 Å². The summed E-state index contributed by atoms with van der Waals surface area (Å²) in [6.45, 7) is 5.57. The second kappa shape index (κ2) is 30.6. The zero-order valence-electron chi connectivity index (χ0n) is 42.4. The number of hydrogen-bond acceptors (Lipinski definition) is 12. The monoisotopic (exact) mass is 1010 g/mol. The number of rotatable bonds is 21. The molecule has 0 atom stereocenters. The molecule has 6 rings (SSSR count). The number of aromatic hydroxyl groups is 3. The Labute approximate surface area is 437 Å². The quantitative estimate of drug-likeness (QED) is 0.0393. The third-order valence-corrected chi connectivity index (χ3v) is 10.8. The number of aryl methyl sites for hydroxylation is 3. The van der Waals surface area contributed by atoms with Crippen molar-refractivity contribution in [2.75, 3.05) is 14.2 Å². The number of carbonyl (C=O) groups excluding carboxylic acids is 6. The van der Waals surface area contributed by atoms with E-state index in [0.717, 1.165) is 56.0 Å². The Morgan fingerprint density at radius 2 is 0.667 bits per heavy atom. The van der Waals surface area contributed by atoms with E-state index in [9.17, 15) is 44.1 Å². The second-order valence-corrected chi connectivity index (χ2v) is 16.9. The summed E-state index contributed by atoms with van der Waals surface area (Å²) < 4.78 is 10.5. The van der Waals surface area contributed by atoms with Gasteiger partial charge in [-0.1, -0.05) is 121 Å². The predicted octanol–water partition coefficient (Wildman–Crippen LogP) is 11.4. The van der Waals surface area contributed by atoms with Crippen molar-refractivity contribution in [1.82, 2.24) is 0 Å². The van der Waals surface area contributed by atoms with E-state index in [1.165, 1.54) is 54.7 Å². The van der Waals surface area contributed by atoms with Gasteiger partial charge >= 0.3 is 0 Å². The molecule has 0 aliphatic carbocycles. The van der Waals surface area contributed by atoms with Crippen LogP contribution in [0.1, 0.15) is 74.9 Å². The van der Waals surface area contributed by atoms with Crippen molar-refractivity contribution in [1.29, 1.82) is 0 Å². The van der Waals surface area contributed by atoms with Gasteiger partial charge in [-0.15, -0.1) is 0 Å². The van der Waals surface area contributed by atoms with Gasteiger partial charge in [0.1, 0.15) is 28.7 Å². The maximum atomic E-state index is 12.0. The summed E-state index contributed by atoms with van der Waals surface area (Å²) in [6.07, 6.45) is 17.5. The lowest BCUT2D eigenvalue weighted by Gasteiger charge is -2.04. The van der Waals surface area contributed by atoms with Crippen molar-refractivity contribution in [3.05, 3.63) is 219 Å². The molecule has 75 heavy (non-hydrogen) atoms. The largest absolute Gasteiger partial charge is 0.508 e. The number of phenolic OH excluding ortho intramolecular Hbond substituents is 2. The molecule has 6 aromatic rings. The van der Waals surface area contributed by atoms with Crippen molar-refractivity contribution < 1.29 is 58.7 Å². The molecule has 0 fully saturated rings. The van der Waals surface area contributed by atoms with Crippen LogP contribution in [0, 0.1) is 20.8 Å². The highest BCUT2D eigenvalue weighted by Gasteiger charge is 2.08. The summed E-state index contributed by atoms with van der Waals surface area (Å²) in [5.41, 5.74) is 8.34. The molecule has 0 saturated heterocycles. The Morgan fingerprint density at radius 1 is 0.387 bits per heavy atom. The average Bonchev–Trinajstić information content (AvgIpc) is 3.40. The lowest BCUT2D eigenvalue weighted by atomic mass is 10.1. The van der Waals surface area contributed by atoms with E-state index in [2.05, 4.69) is 0 Å². The van der Waals surface area contributed by atoms with E-state index < -0.39 is 0 Å². The molecule has 0 saturated carbocycles. The van der Waals surface area contributed by atoms with Crippen LogP contribution in [0.15, 0.2) is 164 Å². The number of aliphatic hydroxyl groups excluding tert-OH is 1. The van der Waals surface area contributed by atoms with Crippen LogP contribution in [0.4, 0.5) is 0 Å². The first-order chi connectivity index (χ1) is 35.9. The molecule has 0 radical (unpaired) electrons. The number of phenols is 3. The van der Waals surface area contributed by atoms with Crippen LogP contribution >= 0.6 is 0 Å². The molecule has 4 N–H and O–H groups in total. The SMILES string of the molecule is COc1cc(/C=C/C(=O)CC(=O)/C=C/c2ccc(O)c(CO)c2)ccc1C.COc1cc(/C=C/C(=O)CC(=O)/C=C/c2ccc(O)cc2)ccc1C.Cc1ccc(/C=C/C(=O)CC(=O)/C=C/c2ccc(O)cc2)cc1. The van der Waals surface area contributed by atoms with Gasteiger partial charge in [0.25, 0.3) is 0 Å². The Kier molecular flexibility index (Phi) is 23.8. The summed E-state index contributed by atoms with van der Waals surface area (Å²) in [7, 11) is 3.18. The number of carbonyl (C=O) groups is 6. The second-order valence-electron chi connectivity index (χ2n) is 16.9. The molecule has 0 bridgehead atoms. The number of ketones is 6. The number of aliphatic hydroxyl groups is 1. The number of allylic oxidation sites excluding steroid dienone is 6. The van der Waals surface area contributed by atoms with Crippen LogP contribution in [-0.4, -0.2) is 69.3 Å². The minimum Gasteiger partial charge on any atom is -0.508 e. The molecule has 0 aromatic heterocycles. The predicted molar refractivity (Wildman–Crippen MR) is 295 cm³/mol. The van der Waals surface area contributed by atoms with Gasteiger partial charge in [0, 0.05) is 5.56 Å². The molecule has 0 heterocycles. The highest BCUT2D eigenvalue weighted by molar-refractivity contribution is 6.12. The highest BCUT2D eigenvalue weighted by atomic mass is 16.5. The number of methoxy groups -OCH3 is 2. The van der Waals surface area contributed by atoms with Gasteiger partial charge in [-0.2, -0.15) is 0 Å². The topological polar surface area (TPSA) is 202 Å². The number of ether oxygens (including phenoxy) is 2. The zero-order chi connectivity index (χ0) is 54.7. The molecular weight excluding hydrogens is 949 g/mol. The fraction of sp³-hybridized carbons (Fsp3) is 0.143. The third-order valence-electron chi connectivity index (χ3n) is 10.8. The minimum absolute atomic E-state index is 0.00553. The average molecular weight is 1010 g/mol. The molecule has 0 aliphatic rings. The summed E-state index contributed by atoms with van der Waals surface area (Å²) in [6, 6.07) is 36.5. The smallest absolute Gasteiger partial charge is 0.163 e. The standard InChI is InChI=1S/C22H22O5.C21H20O4.C20H18O3/c1-15-3-4-17(12-22(15)27-2)6-9-20(25)13-19(24)8-5-16-7-10-21(26)18(11-16)14-23;1-15-3-4-17(13-21(15)25-2)8-12-20(24)14-19(23)11-7-16-5-9-18(22)10-6-16;1-15-2-4-16(5-3-15)8-12-19(22)14-20(23)13-9-17-6-10-18(21)11-7-17/h3-12,23,26H,13-14H2,1-2H3;3-13,22H,14H2,1-2H3;2-13,21H,14H2,1H3/b8-5+,9-6+;11-7+,12-8+;12-8+,13-9+. The first-order valence-corrected chi connectivity index (χ1v) is 23.6. The fourth-order valence-electron chi connectivity index (χ4n) is 6.57. The van der Waals surface area contributed by atoms with Gasteiger partial charge in [0.15, 0.2) is 34.7 Å². The van der Waals surface area contributed by atoms with E-state index in [1.807, 2.05) is 81.4 Å². The van der Waals surface area contributed by atoms with E-state index >= 15 is 0 Å². The molecule has 0 amide bonds. The zero-order valence-corrected chi connectivity index (χ0v) is 42.4. The normalized spacial score (nSPS) is 11.2. The molecule has 12 nitrogen and oxygen atoms in total. The third kappa shape index (κ3) is 22.0. The van der Waals surface area contributed by atoms with Gasteiger partial charge in [0.2, 0.25) is 0 Å². The van der Waals surface area contributed by atoms with Crippen LogP contribution in [0.2, 0.25) is 0 Å². The molecule has 384 valence electrons. The van der Waals surface area contributed by atoms with Crippen molar-refractivity contribution in [2.45, 2.75) is 46.6 Å². The van der Waals surface area contributed by atoms with Crippen LogP contribution in [0.3, 0.4) is 0 Å². The van der Waals surface area contributed by atoms with Crippen LogP contribution in [-0.2, 0) is 35.4 Å².